The summed E-state index contributed by atoms with van der Waals surface area (Å²) in [5.74, 6) is -1.99. The molecule has 4 rings (SSSR count). The molecule has 182 valence electrons. The van der Waals surface area contributed by atoms with Crippen LogP contribution in [-0.4, -0.2) is 63.6 Å². The van der Waals surface area contributed by atoms with Crippen LogP contribution in [0.15, 0.2) is 41.7 Å². The molecular weight excluding hydrogens is 442 g/mol. The van der Waals surface area contributed by atoms with Crippen LogP contribution >= 0.6 is 0 Å². The van der Waals surface area contributed by atoms with Crippen molar-refractivity contribution < 1.29 is 23.5 Å². The molecule has 0 saturated carbocycles. The number of nitrogens with zero attached hydrogens (tertiary/aromatic N) is 4. The van der Waals surface area contributed by atoms with Crippen LogP contribution in [-0.2, 0) is 11.3 Å². The number of aromatic nitrogens is 1. The van der Waals surface area contributed by atoms with Crippen LogP contribution < -0.4 is 0 Å². The first-order chi connectivity index (χ1) is 16.1. The molecule has 2 aromatic rings. The smallest absolute Gasteiger partial charge is 0.410 e. The van der Waals surface area contributed by atoms with Crippen molar-refractivity contribution in [1.82, 2.24) is 14.8 Å². The van der Waals surface area contributed by atoms with Gasteiger partial charge in [0.15, 0.2) is 11.6 Å². The average molecular weight is 473 g/mol. The Bertz CT molecular complexity index is 1080. The molecule has 0 atom stereocenters. The van der Waals surface area contributed by atoms with Crippen LogP contribution in [0.5, 0.6) is 0 Å². The van der Waals surface area contributed by atoms with E-state index in [1.54, 1.807) is 12.3 Å². The molecule has 1 spiro atoms. The second-order valence-corrected chi connectivity index (χ2v) is 10.3. The third kappa shape index (κ3) is 5.35. The molecule has 7 nitrogen and oxygen atoms in total. The molecule has 0 unspecified atom stereocenters. The number of amides is 1. The number of hydrogen-bond acceptors (Lipinski definition) is 6. The first kappa shape index (κ1) is 24.1. The lowest BCUT2D eigenvalue weighted by atomic mass is 9.73. The second kappa shape index (κ2) is 9.29. The molecule has 1 aromatic heterocycles. The Kier molecular flexibility index (Phi) is 6.58. The van der Waals surface area contributed by atoms with E-state index in [0.717, 1.165) is 50.2 Å². The first-order valence-electron chi connectivity index (χ1n) is 11.4. The highest BCUT2D eigenvalue weighted by atomic mass is 19.2. The molecule has 1 amide bonds. The molecule has 3 heterocycles. The van der Waals surface area contributed by atoms with E-state index in [1.165, 1.54) is 6.07 Å². The molecule has 0 radical (unpaired) electrons. The molecule has 2 aliphatic rings. The molecular formula is C25H30F2N4O3. The lowest BCUT2D eigenvalue weighted by Gasteiger charge is -2.54. The van der Waals surface area contributed by atoms with Crippen molar-refractivity contribution in [2.75, 3.05) is 26.2 Å². The fourth-order valence-electron chi connectivity index (χ4n) is 4.78. The van der Waals surface area contributed by atoms with Gasteiger partial charge in [0.1, 0.15) is 11.3 Å². The lowest BCUT2D eigenvalue weighted by molar-refractivity contribution is -0.0634. The van der Waals surface area contributed by atoms with Crippen molar-refractivity contribution in [3.8, 4) is 0 Å². The lowest BCUT2D eigenvalue weighted by Crippen LogP contribution is -2.63. The molecule has 1 N–H and O–H groups in total. The minimum Gasteiger partial charge on any atom is -0.444 e. The van der Waals surface area contributed by atoms with Crippen molar-refractivity contribution in [3.63, 3.8) is 0 Å². The molecule has 0 bridgehead atoms. The van der Waals surface area contributed by atoms with Crippen LogP contribution in [0.25, 0.3) is 0 Å². The number of halogens is 2. The zero-order valence-corrected chi connectivity index (χ0v) is 19.7. The van der Waals surface area contributed by atoms with E-state index in [4.69, 9.17) is 4.74 Å². The van der Waals surface area contributed by atoms with Crippen LogP contribution in [0.3, 0.4) is 0 Å². The highest BCUT2D eigenvalue weighted by molar-refractivity contribution is 6.11. The number of carbonyl (C=O) groups is 1. The van der Waals surface area contributed by atoms with E-state index in [-0.39, 0.29) is 22.8 Å². The van der Waals surface area contributed by atoms with E-state index in [9.17, 15) is 18.8 Å². The van der Waals surface area contributed by atoms with Gasteiger partial charge < -0.3 is 14.8 Å². The number of hydrogen-bond donors (Lipinski definition) is 1. The van der Waals surface area contributed by atoms with Gasteiger partial charge in [0, 0.05) is 49.9 Å². The number of rotatable bonds is 4. The van der Waals surface area contributed by atoms with Crippen molar-refractivity contribution in [2.24, 2.45) is 10.6 Å². The van der Waals surface area contributed by atoms with Crippen LogP contribution in [0, 0.1) is 17.0 Å². The van der Waals surface area contributed by atoms with Gasteiger partial charge in [-0.15, -0.1) is 0 Å². The van der Waals surface area contributed by atoms with E-state index < -0.39 is 17.2 Å². The van der Waals surface area contributed by atoms with E-state index in [0.29, 0.717) is 18.8 Å². The molecule has 2 saturated heterocycles. The summed E-state index contributed by atoms with van der Waals surface area (Å²) in [5.41, 5.74) is 1.25. The number of carbonyl (C=O) groups excluding carboxylic acids is 1. The van der Waals surface area contributed by atoms with E-state index >= 15 is 0 Å². The Labute approximate surface area is 198 Å². The summed E-state index contributed by atoms with van der Waals surface area (Å²) in [6.45, 7) is 9.57. The van der Waals surface area contributed by atoms with Gasteiger partial charge in [-0.25, -0.2) is 13.6 Å². The summed E-state index contributed by atoms with van der Waals surface area (Å²) in [6, 6.07) is 6.88. The summed E-state index contributed by atoms with van der Waals surface area (Å²) >= 11 is 0. The predicted molar refractivity (Wildman–Crippen MR) is 123 cm³/mol. The summed E-state index contributed by atoms with van der Waals surface area (Å²) in [6.07, 6.45) is 3.51. The highest BCUT2D eigenvalue weighted by Crippen LogP contribution is 2.40. The van der Waals surface area contributed by atoms with Crippen LogP contribution in [0.2, 0.25) is 0 Å². The first-order valence-corrected chi connectivity index (χ1v) is 11.4. The highest BCUT2D eigenvalue weighted by Gasteiger charge is 2.46. The van der Waals surface area contributed by atoms with Crippen molar-refractivity contribution >= 4 is 11.8 Å². The summed E-state index contributed by atoms with van der Waals surface area (Å²) < 4.78 is 32.3. The minimum atomic E-state index is -1.02. The van der Waals surface area contributed by atoms with Crippen molar-refractivity contribution in [1.29, 1.82) is 0 Å². The number of oxime groups is 1. The molecule has 0 aliphatic carbocycles. The third-order valence-electron chi connectivity index (χ3n) is 6.20. The topological polar surface area (TPSA) is 78.3 Å². The van der Waals surface area contributed by atoms with Gasteiger partial charge >= 0.3 is 6.09 Å². The molecule has 2 aliphatic heterocycles. The third-order valence-corrected chi connectivity index (χ3v) is 6.20. The minimum absolute atomic E-state index is 0.0674. The number of likely N-dealkylation sites (tertiary alicyclic amines) is 2. The summed E-state index contributed by atoms with van der Waals surface area (Å²) in [7, 11) is 0. The predicted octanol–water partition coefficient (Wildman–Crippen LogP) is 4.42. The van der Waals surface area contributed by atoms with E-state index in [2.05, 4.69) is 15.0 Å². The van der Waals surface area contributed by atoms with Gasteiger partial charge in [0.25, 0.3) is 0 Å². The maximum atomic E-state index is 13.6. The Hall–Kier alpha value is -3.07. The van der Waals surface area contributed by atoms with Crippen molar-refractivity contribution in [3.05, 3.63) is 65.0 Å². The maximum absolute atomic E-state index is 13.6. The van der Waals surface area contributed by atoms with Crippen molar-refractivity contribution in [2.45, 2.75) is 45.8 Å². The number of pyridine rings is 1. The Morgan fingerprint density at radius 2 is 1.94 bits per heavy atom. The van der Waals surface area contributed by atoms with Gasteiger partial charge in [-0.05, 0) is 63.4 Å². The molecule has 9 heteroatoms. The summed E-state index contributed by atoms with van der Waals surface area (Å²) in [5, 5.41) is 12.6. The van der Waals surface area contributed by atoms with Gasteiger partial charge in [0.2, 0.25) is 0 Å². The number of benzene rings is 1. The second-order valence-electron chi connectivity index (χ2n) is 10.3. The van der Waals surface area contributed by atoms with Crippen LogP contribution in [0.4, 0.5) is 13.6 Å². The largest absolute Gasteiger partial charge is 0.444 e. The number of ether oxygens (including phenoxy) is 1. The Balaban J connectivity index is 1.34. The SMILES string of the molecule is CC(C)(C)OC(=O)N1CCCC2(CN(Cc3ccc(/C(=N/O)c4ccc(F)c(F)c4)nc3)C2)C1. The molecule has 34 heavy (non-hydrogen) atoms. The Morgan fingerprint density at radius 1 is 1.18 bits per heavy atom. The molecule has 2 fully saturated rings. The normalized spacial score (nSPS) is 18.6. The average Bonchev–Trinajstić information content (AvgIpc) is 2.76. The Morgan fingerprint density at radius 3 is 2.56 bits per heavy atom. The van der Waals surface area contributed by atoms with Crippen LogP contribution in [0.1, 0.15) is 50.4 Å². The summed E-state index contributed by atoms with van der Waals surface area (Å²) in [4.78, 5) is 21.0. The number of piperidine rings is 1. The quantitative estimate of drug-likeness (QED) is 0.405. The maximum Gasteiger partial charge on any atom is 0.410 e. The fraction of sp³-hybridized carbons (Fsp3) is 0.480. The van der Waals surface area contributed by atoms with E-state index in [1.807, 2.05) is 31.7 Å². The zero-order valence-electron chi connectivity index (χ0n) is 19.7. The van der Waals surface area contributed by atoms with Gasteiger partial charge in [-0.2, -0.15) is 0 Å². The standard InChI is InChI=1S/C25H30F2N4O3/c1-24(2,3)34-23(32)31-10-4-9-25(16-31)14-30(15-25)13-17-5-8-21(28-12-17)22(29-33)18-6-7-19(26)20(27)11-18/h5-8,11-12,33H,4,9-10,13-16H2,1-3H3/b29-22+. The zero-order chi connectivity index (χ0) is 24.5. The monoisotopic (exact) mass is 472 g/mol. The van der Waals surface area contributed by atoms with Gasteiger partial charge in [-0.3, -0.25) is 9.88 Å². The van der Waals surface area contributed by atoms with Gasteiger partial charge in [-0.1, -0.05) is 11.2 Å². The van der Waals surface area contributed by atoms with Gasteiger partial charge in [0.05, 0.1) is 5.69 Å². The molecule has 1 aromatic carbocycles. The fourth-order valence-corrected chi connectivity index (χ4v) is 4.78.